The van der Waals surface area contributed by atoms with E-state index in [1.54, 1.807) is 11.3 Å². The predicted molar refractivity (Wildman–Crippen MR) is 96.4 cm³/mol. The number of aliphatic imine (C=N–C) groups is 1. The molecule has 2 aliphatic rings. The van der Waals surface area contributed by atoms with Crippen molar-refractivity contribution in [3.63, 3.8) is 0 Å². The van der Waals surface area contributed by atoms with Crippen molar-refractivity contribution in [1.29, 1.82) is 0 Å². The number of hydrogen-bond acceptors (Lipinski definition) is 7. The fraction of sp³-hybridized carbons (Fsp3) is 0.467. The number of thioether (sulfide) groups is 2. The molecule has 0 N–H and O–H groups in total. The molecule has 22 heavy (non-hydrogen) atoms. The first kappa shape index (κ1) is 14.8. The molecule has 0 amide bonds. The highest BCUT2D eigenvalue weighted by Crippen LogP contribution is 2.33. The highest BCUT2D eigenvalue weighted by atomic mass is 32.2. The van der Waals surface area contributed by atoms with Crippen LogP contribution < -0.4 is 0 Å². The van der Waals surface area contributed by atoms with E-state index in [9.17, 15) is 0 Å². The van der Waals surface area contributed by atoms with Gasteiger partial charge in [0.25, 0.3) is 0 Å². The third-order valence-electron chi connectivity index (χ3n) is 3.65. The number of amidine groups is 1. The Morgan fingerprint density at radius 1 is 1.27 bits per heavy atom. The Labute approximate surface area is 142 Å². The van der Waals surface area contributed by atoms with E-state index in [1.807, 2.05) is 29.6 Å². The Morgan fingerprint density at radius 3 is 3.00 bits per heavy atom. The van der Waals surface area contributed by atoms with Crippen LogP contribution in [-0.4, -0.2) is 58.9 Å². The molecule has 2 aromatic rings. The summed E-state index contributed by atoms with van der Waals surface area (Å²) in [6, 6.07) is 8.34. The number of nitrogens with zero attached hydrogens (tertiary/aromatic N) is 3. The topological polar surface area (TPSA) is 37.7 Å². The number of benzene rings is 1. The molecular formula is C15H17N3OS3. The van der Waals surface area contributed by atoms with Crippen LogP contribution in [0.15, 0.2) is 33.6 Å². The summed E-state index contributed by atoms with van der Waals surface area (Å²) in [6.45, 7) is 4.53. The second kappa shape index (κ2) is 6.78. The Kier molecular flexibility index (Phi) is 4.56. The van der Waals surface area contributed by atoms with Gasteiger partial charge in [-0.15, -0.1) is 11.3 Å². The summed E-state index contributed by atoms with van der Waals surface area (Å²) >= 11 is 5.57. The first-order valence-corrected chi connectivity index (χ1v) is 10.1. The minimum atomic E-state index is 0.565. The molecule has 0 bridgehead atoms. The minimum Gasteiger partial charge on any atom is -0.378 e. The van der Waals surface area contributed by atoms with Gasteiger partial charge in [0.2, 0.25) is 0 Å². The van der Waals surface area contributed by atoms with Crippen LogP contribution in [0.4, 0.5) is 0 Å². The van der Waals surface area contributed by atoms with Crippen LogP contribution in [0.3, 0.4) is 0 Å². The monoisotopic (exact) mass is 351 g/mol. The molecule has 0 spiro atoms. The molecule has 3 heterocycles. The molecule has 1 saturated heterocycles. The molecule has 116 valence electrons. The van der Waals surface area contributed by atoms with Crippen LogP contribution in [0.25, 0.3) is 10.2 Å². The van der Waals surface area contributed by atoms with Crippen molar-refractivity contribution in [2.45, 2.75) is 9.59 Å². The summed E-state index contributed by atoms with van der Waals surface area (Å²) < 4.78 is 7.84. The fourth-order valence-electron chi connectivity index (χ4n) is 2.50. The summed E-state index contributed by atoms with van der Waals surface area (Å²) in [6.07, 6.45) is 0. The molecule has 2 aliphatic heterocycles. The van der Waals surface area contributed by atoms with Gasteiger partial charge in [0.1, 0.15) is 0 Å². The average Bonchev–Trinajstić information content (AvgIpc) is 3.20. The fourth-order valence-corrected chi connectivity index (χ4v) is 5.90. The van der Waals surface area contributed by atoms with Gasteiger partial charge in [0, 0.05) is 24.1 Å². The third kappa shape index (κ3) is 3.27. The van der Waals surface area contributed by atoms with Crippen molar-refractivity contribution in [2.75, 3.05) is 38.6 Å². The van der Waals surface area contributed by atoms with Crippen molar-refractivity contribution in [1.82, 2.24) is 9.88 Å². The molecular weight excluding hydrogens is 334 g/mol. The SMILES string of the molecule is c1ccc2sc(SCC3CN=C(N4CCOCC4)S3)nc2c1. The summed E-state index contributed by atoms with van der Waals surface area (Å²) in [5.41, 5.74) is 1.11. The number of morpholine rings is 1. The maximum Gasteiger partial charge on any atom is 0.159 e. The van der Waals surface area contributed by atoms with Gasteiger partial charge in [0.05, 0.1) is 30.0 Å². The number of rotatable bonds is 3. The van der Waals surface area contributed by atoms with E-state index in [0.717, 1.165) is 44.1 Å². The van der Waals surface area contributed by atoms with Crippen molar-refractivity contribution < 1.29 is 4.74 Å². The molecule has 1 atom stereocenters. The largest absolute Gasteiger partial charge is 0.378 e. The van der Waals surface area contributed by atoms with Crippen LogP contribution in [0.2, 0.25) is 0 Å². The van der Waals surface area contributed by atoms with Gasteiger partial charge in [-0.05, 0) is 12.1 Å². The number of hydrogen-bond donors (Lipinski definition) is 0. The Morgan fingerprint density at radius 2 is 2.14 bits per heavy atom. The van der Waals surface area contributed by atoms with E-state index in [-0.39, 0.29) is 0 Å². The number of ether oxygens (including phenoxy) is 1. The summed E-state index contributed by atoms with van der Waals surface area (Å²) in [5.74, 6) is 1.07. The van der Waals surface area contributed by atoms with Gasteiger partial charge < -0.3 is 9.64 Å². The molecule has 0 aliphatic carbocycles. The Bertz CT molecular complexity index is 648. The summed E-state index contributed by atoms with van der Waals surface area (Å²) in [7, 11) is 0. The van der Waals surface area contributed by atoms with Gasteiger partial charge in [-0.1, -0.05) is 35.7 Å². The van der Waals surface area contributed by atoms with Gasteiger partial charge in [0.15, 0.2) is 9.51 Å². The molecule has 7 heteroatoms. The van der Waals surface area contributed by atoms with Crippen molar-refractivity contribution in [3.05, 3.63) is 24.3 Å². The molecule has 0 saturated carbocycles. The van der Waals surface area contributed by atoms with E-state index in [0.29, 0.717) is 5.25 Å². The van der Waals surface area contributed by atoms with E-state index in [4.69, 9.17) is 14.7 Å². The molecule has 4 rings (SSSR count). The number of thiazole rings is 1. The second-order valence-electron chi connectivity index (χ2n) is 5.22. The highest BCUT2D eigenvalue weighted by molar-refractivity contribution is 8.15. The molecule has 0 radical (unpaired) electrons. The molecule has 1 aromatic heterocycles. The lowest BCUT2D eigenvalue weighted by atomic mass is 10.3. The minimum absolute atomic E-state index is 0.565. The van der Waals surface area contributed by atoms with Gasteiger partial charge in [-0.2, -0.15) is 0 Å². The number of para-hydroxylation sites is 1. The molecule has 4 nitrogen and oxygen atoms in total. The van der Waals surface area contributed by atoms with Crippen molar-refractivity contribution in [3.8, 4) is 0 Å². The summed E-state index contributed by atoms with van der Waals surface area (Å²) in [4.78, 5) is 11.8. The Balaban J connectivity index is 1.31. The number of fused-ring (bicyclic) bond motifs is 1. The third-order valence-corrected chi connectivity index (χ3v) is 7.45. The smallest absolute Gasteiger partial charge is 0.159 e. The maximum absolute atomic E-state index is 5.40. The van der Waals surface area contributed by atoms with Gasteiger partial charge in [-0.3, -0.25) is 4.99 Å². The zero-order valence-electron chi connectivity index (χ0n) is 12.1. The molecule has 1 aromatic carbocycles. The van der Waals surface area contributed by atoms with Crippen LogP contribution in [0.5, 0.6) is 0 Å². The first-order chi connectivity index (χ1) is 10.9. The summed E-state index contributed by atoms with van der Waals surface area (Å²) in [5, 5.41) is 1.77. The normalized spacial score (nSPS) is 22.3. The zero-order valence-corrected chi connectivity index (χ0v) is 14.6. The van der Waals surface area contributed by atoms with Crippen LogP contribution in [-0.2, 0) is 4.74 Å². The lowest BCUT2D eigenvalue weighted by Crippen LogP contribution is -2.39. The lowest BCUT2D eigenvalue weighted by Gasteiger charge is -2.28. The lowest BCUT2D eigenvalue weighted by molar-refractivity contribution is 0.0693. The molecule has 1 unspecified atom stereocenters. The predicted octanol–water partition coefficient (Wildman–Crippen LogP) is 3.19. The van der Waals surface area contributed by atoms with Crippen molar-refractivity contribution in [2.24, 2.45) is 4.99 Å². The Hall–Kier alpha value is -0.760. The van der Waals surface area contributed by atoms with E-state index in [2.05, 4.69) is 23.1 Å². The van der Waals surface area contributed by atoms with Crippen LogP contribution >= 0.6 is 34.9 Å². The standard InChI is InChI=1S/C15H17N3OS3/c1-2-4-13-12(3-1)17-15(22-13)20-10-11-9-16-14(21-11)18-5-7-19-8-6-18/h1-4,11H,5-10H2. The molecule has 1 fully saturated rings. The van der Waals surface area contributed by atoms with Crippen molar-refractivity contribution >= 4 is 50.2 Å². The van der Waals surface area contributed by atoms with E-state index in [1.165, 1.54) is 14.2 Å². The van der Waals surface area contributed by atoms with E-state index >= 15 is 0 Å². The van der Waals surface area contributed by atoms with Gasteiger partial charge in [-0.25, -0.2) is 4.98 Å². The highest BCUT2D eigenvalue weighted by Gasteiger charge is 2.25. The maximum atomic E-state index is 5.40. The van der Waals surface area contributed by atoms with Crippen LogP contribution in [0.1, 0.15) is 0 Å². The average molecular weight is 352 g/mol. The van der Waals surface area contributed by atoms with Gasteiger partial charge >= 0.3 is 0 Å². The number of aromatic nitrogens is 1. The van der Waals surface area contributed by atoms with Crippen LogP contribution in [0, 0.1) is 0 Å². The second-order valence-corrected chi connectivity index (χ2v) is 8.79. The zero-order chi connectivity index (χ0) is 14.8. The first-order valence-electron chi connectivity index (χ1n) is 7.41. The van der Waals surface area contributed by atoms with E-state index < -0.39 is 0 Å². The quantitative estimate of drug-likeness (QED) is 0.794.